The number of hydrogen-bond donors (Lipinski definition) is 1. The van der Waals surface area contributed by atoms with E-state index in [0.29, 0.717) is 0 Å². The number of hydrogen-bond acceptors (Lipinski definition) is 2. The average Bonchev–Trinajstić information content (AvgIpc) is 2.73. The maximum Gasteiger partial charge on any atom is 0.248 e. The van der Waals surface area contributed by atoms with Crippen molar-refractivity contribution in [2.24, 2.45) is 0 Å². The van der Waals surface area contributed by atoms with Gasteiger partial charge in [-0.3, -0.25) is 4.79 Å². The molecule has 4 heteroatoms. The minimum Gasteiger partial charge on any atom is -0.322 e. The maximum atomic E-state index is 11.7. The summed E-state index contributed by atoms with van der Waals surface area (Å²) in [7, 11) is 0. The van der Waals surface area contributed by atoms with Gasteiger partial charge in [0, 0.05) is 26.0 Å². The molecule has 0 saturated carbocycles. The van der Waals surface area contributed by atoms with Gasteiger partial charge in [0.25, 0.3) is 0 Å². The molecule has 0 saturated heterocycles. The highest BCUT2D eigenvalue weighted by Crippen LogP contribution is 2.17. The molecule has 0 atom stereocenters. The second-order valence-electron chi connectivity index (χ2n) is 3.78. The Bertz CT molecular complexity index is 589. The number of carbonyl (C=O) groups excluding carboxylic acids is 1. The topological polar surface area (TPSA) is 29.1 Å². The fourth-order valence-corrected chi connectivity index (χ4v) is 2.63. The van der Waals surface area contributed by atoms with Crippen LogP contribution in [-0.2, 0) is 4.79 Å². The van der Waals surface area contributed by atoms with Crippen molar-refractivity contribution in [2.45, 2.75) is 6.92 Å². The van der Waals surface area contributed by atoms with E-state index in [4.69, 9.17) is 0 Å². The number of amides is 1. The molecule has 1 aromatic heterocycles. The third-order valence-corrected chi connectivity index (χ3v) is 3.71. The smallest absolute Gasteiger partial charge is 0.248 e. The SMILES string of the molecule is Cc1ccc(/C=C/C(=O)Nc2cccc(Br)c2)s1. The standard InChI is InChI=1S/C14H12BrNOS/c1-10-5-6-13(18-10)7-8-14(17)16-12-4-2-3-11(15)9-12/h2-9H,1H3,(H,16,17)/b8-7+. The first-order chi connectivity index (χ1) is 8.63. The second-order valence-corrected chi connectivity index (χ2v) is 6.02. The lowest BCUT2D eigenvalue weighted by Crippen LogP contribution is -2.07. The van der Waals surface area contributed by atoms with E-state index < -0.39 is 0 Å². The molecular weight excluding hydrogens is 310 g/mol. The van der Waals surface area contributed by atoms with E-state index in [0.717, 1.165) is 15.0 Å². The molecule has 18 heavy (non-hydrogen) atoms. The molecular formula is C14H12BrNOS. The van der Waals surface area contributed by atoms with Crippen molar-refractivity contribution in [3.8, 4) is 0 Å². The largest absolute Gasteiger partial charge is 0.322 e. The van der Waals surface area contributed by atoms with Crippen LogP contribution >= 0.6 is 27.3 Å². The van der Waals surface area contributed by atoms with Gasteiger partial charge in [-0.15, -0.1) is 11.3 Å². The molecule has 0 radical (unpaired) electrons. The van der Waals surface area contributed by atoms with Crippen LogP contribution in [0.1, 0.15) is 9.75 Å². The molecule has 0 spiro atoms. The van der Waals surface area contributed by atoms with Gasteiger partial charge in [0.05, 0.1) is 0 Å². The molecule has 2 aromatic rings. The predicted molar refractivity (Wildman–Crippen MR) is 80.9 cm³/mol. The maximum absolute atomic E-state index is 11.7. The first-order valence-corrected chi connectivity index (χ1v) is 7.05. The van der Waals surface area contributed by atoms with Crippen LogP contribution in [0.5, 0.6) is 0 Å². The molecule has 0 bridgehead atoms. The molecule has 1 amide bonds. The van der Waals surface area contributed by atoms with Crippen LogP contribution in [-0.4, -0.2) is 5.91 Å². The summed E-state index contributed by atoms with van der Waals surface area (Å²) in [6.07, 6.45) is 3.37. The van der Waals surface area contributed by atoms with E-state index in [9.17, 15) is 4.79 Å². The number of rotatable bonds is 3. The van der Waals surface area contributed by atoms with Crippen molar-refractivity contribution in [2.75, 3.05) is 5.32 Å². The van der Waals surface area contributed by atoms with Crippen molar-refractivity contribution in [1.29, 1.82) is 0 Å². The molecule has 0 fully saturated rings. The lowest BCUT2D eigenvalue weighted by Gasteiger charge is -2.01. The van der Waals surface area contributed by atoms with E-state index in [1.54, 1.807) is 17.4 Å². The Morgan fingerprint density at radius 3 is 2.83 bits per heavy atom. The van der Waals surface area contributed by atoms with Crippen LogP contribution in [0.25, 0.3) is 6.08 Å². The van der Waals surface area contributed by atoms with Gasteiger partial charge < -0.3 is 5.32 Å². The highest BCUT2D eigenvalue weighted by molar-refractivity contribution is 9.10. The molecule has 1 aromatic carbocycles. The Hall–Kier alpha value is -1.39. The summed E-state index contributed by atoms with van der Waals surface area (Å²) in [6.45, 7) is 2.05. The van der Waals surface area contributed by atoms with Crippen LogP contribution in [0.15, 0.2) is 46.9 Å². The van der Waals surface area contributed by atoms with E-state index in [-0.39, 0.29) is 5.91 Å². The Labute approximate surface area is 118 Å². The van der Waals surface area contributed by atoms with Gasteiger partial charge in [-0.05, 0) is 43.3 Å². The van der Waals surface area contributed by atoms with Crippen LogP contribution in [0.2, 0.25) is 0 Å². The summed E-state index contributed by atoms with van der Waals surface area (Å²) in [5.41, 5.74) is 0.779. The van der Waals surface area contributed by atoms with Crippen molar-refractivity contribution < 1.29 is 4.79 Å². The molecule has 1 N–H and O–H groups in total. The van der Waals surface area contributed by atoms with Crippen molar-refractivity contribution in [3.05, 3.63) is 56.7 Å². The summed E-state index contributed by atoms with van der Waals surface area (Å²) in [4.78, 5) is 14.0. The summed E-state index contributed by atoms with van der Waals surface area (Å²) >= 11 is 5.03. The number of aryl methyl sites for hydroxylation is 1. The van der Waals surface area contributed by atoms with Crippen LogP contribution in [0.4, 0.5) is 5.69 Å². The number of carbonyl (C=O) groups is 1. The van der Waals surface area contributed by atoms with E-state index >= 15 is 0 Å². The Balaban J connectivity index is 1.98. The lowest BCUT2D eigenvalue weighted by molar-refractivity contribution is -0.111. The van der Waals surface area contributed by atoms with E-state index in [2.05, 4.69) is 21.2 Å². The van der Waals surface area contributed by atoms with Crippen LogP contribution in [0.3, 0.4) is 0 Å². The Morgan fingerprint density at radius 2 is 2.17 bits per heavy atom. The first-order valence-electron chi connectivity index (χ1n) is 5.44. The monoisotopic (exact) mass is 321 g/mol. The zero-order chi connectivity index (χ0) is 13.0. The van der Waals surface area contributed by atoms with Gasteiger partial charge in [0.1, 0.15) is 0 Å². The molecule has 92 valence electrons. The fourth-order valence-electron chi connectivity index (χ4n) is 1.45. The predicted octanol–water partition coefficient (Wildman–Crippen LogP) is 4.47. The summed E-state index contributed by atoms with van der Waals surface area (Å²) in [6, 6.07) is 11.6. The van der Waals surface area contributed by atoms with Gasteiger partial charge in [-0.1, -0.05) is 22.0 Å². The normalized spacial score (nSPS) is 10.8. The Kier molecular flexibility index (Phi) is 4.33. The first kappa shape index (κ1) is 13.1. The van der Waals surface area contributed by atoms with Gasteiger partial charge in [0.15, 0.2) is 0 Å². The molecule has 0 unspecified atom stereocenters. The van der Waals surface area contributed by atoms with E-state index in [1.165, 1.54) is 4.88 Å². The zero-order valence-electron chi connectivity index (χ0n) is 9.81. The summed E-state index contributed by atoms with van der Waals surface area (Å²) in [5, 5.41) is 2.81. The molecule has 0 aliphatic rings. The van der Waals surface area contributed by atoms with Crippen LogP contribution < -0.4 is 5.32 Å². The second kappa shape index (κ2) is 5.98. The number of thiophene rings is 1. The number of benzene rings is 1. The van der Waals surface area contributed by atoms with Crippen molar-refractivity contribution >= 4 is 44.9 Å². The lowest BCUT2D eigenvalue weighted by atomic mass is 10.3. The van der Waals surface area contributed by atoms with Gasteiger partial charge in [-0.25, -0.2) is 0 Å². The Morgan fingerprint density at radius 1 is 1.33 bits per heavy atom. The summed E-state index contributed by atoms with van der Waals surface area (Å²) in [5.74, 6) is -0.126. The van der Waals surface area contributed by atoms with Gasteiger partial charge in [-0.2, -0.15) is 0 Å². The number of halogens is 1. The van der Waals surface area contributed by atoms with Crippen molar-refractivity contribution in [3.63, 3.8) is 0 Å². The fraction of sp³-hybridized carbons (Fsp3) is 0.0714. The highest BCUT2D eigenvalue weighted by Gasteiger charge is 1.98. The molecule has 2 rings (SSSR count). The summed E-state index contributed by atoms with van der Waals surface area (Å²) < 4.78 is 0.943. The quantitative estimate of drug-likeness (QED) is 0.830. The minimum atomic E-state index is -0.126. The van der Waals surface area contributed by atoms with E-state index in [1.807, 2.05) is 49.4 Å². The highest BCUT2D eigenvalue weighted by atomic mass is 79.9. The third-order valence-electron chi connectivity index (χ3n) is 2.25. The minimum absolute atomic E-state index is 0.126. The molecule has 0 aliphatic heterocycles. The van der Waals surface area contributed by atoms with Crippen LogP contribution in [0, 0.1) is 6.92 Å². The molecule has 1 heterocycles. The van der Waals surface area contributed by atoms with Gasteiger partial charge in [0.2, 0.25) is 5.91 Å². The average molecular weight is 322 g/mol. The third kappa shape index (κ3) is 3.82. The number of nitrogens with one attached hydrogen (secondary N) is 1. The van der Waals surface area contributed by atoms with Gasteiger partial charge >= 0.3 is 0 Å². The molecule has 2 nitrogen and oxygen atoms in total. The molecule has 0 aliphatic carbocycles. The number of anilines is 1. The van der Waals surface area contributed by atoms with Crippen molar-refractivity contribution in [1.82, 2.24) is 0 Å². The zero-order valence-corrected chi connectivity index (χ0v) is 12.2.